The Morgan fingerprint density at radius 1 is 1.14 bits per heavy atom. The minimum atomic E-state index is -0.184. The number of ether oxygens (including phenoxy) is 3. The van der Waals surface area contributed by atoms with Gasteiger partial charge in [-0.25, -0.2) is 4.79 Å². The van der Waals surface area contributed by atoms with Gasteiger partial charge in [0.15, 0.2) is 0 Å². The van der Waals surface area contributed by atoms with Gasteiger partial charge in [0, 0.05) is 24.2 Å². The highest BCUT2D eigenvalue weighted by atomic mass is 16.5. The molecule has 1 aromatic rings. The normalized spacial score (nSPS) is 11.4. The molecule has 0 radical (unpaired) electrons. The highest BCUT2D eigenvalue weighted by Crippen LogP contribution is 2.27. The van der Waals surface area contributed by atoms with Gasteiger partial charge in [-0.1, -0.05) is 6.92 Å². The van der Waals surface area contributed by atoms with Gasteiger partial charge in [0.25, 0.3) is 0 Å². The number of hydrogen-bond donors (Lipinski definition) is 2. The summed E-state index contributed by atoms with van der Waals surface area (Å²) in [6.45, 7) is 4.76. The van der Waals surface area contributed by atoms with Crippen LogP contribution in [0.2, 0.25) is 0 Å². The van der Waals surface area contributed by atoms with E-state index >= 15 is 0 Å². The first-order valence-electron chi connectivity index (χ1n) is 6.99. The number of carbonyl (C=O) groups excluding carboxylic acids is 1. The molecule has 6 nitrogen and oxygen atoms in total. The lowest BCUT2D eigenvalue weighted by atomic mass is 10.3. The van der Waals surface area contributed by atoms with Crippen LogP contribution in [0, 0.1) is 0 Å². The predicted octanol–water partition coefficient (Wildman–Crippen LogP) is 2.18. The molecule has 118 valence electrons. The zero-order chi connectivity index (χ0) is 15.7. The van der Waals surface area contributed by atoms with Crippen molar-refractivity contribution < 1.29 is 19.0 Å². The predicted molar refractivity (Wildman–Crippen MR) is 81.3 cm³/mol. The Morgan fingerprint density at radius 2 is 1.71 bits per heavy atom. The minimum absolute atomic E-state index is 0.161. The van der Waals surface area contributed by atoms with Crippen molar-refractivity contribution in [1.82, 2.24) is 10.6 Å². The number of hydrogen-bond acceptors (Lipinski definition) is 4. The van der Waals surface area contributed by atoms with E-state index in [-0.39, 0.29) is 12.1 Å². The second kappa shape index (κ2) is 8.94. The van der Waals surface area contributed by atoms with Crippen LogP contribution in [0.4, 0.5) is 4.79 Å². The number of benzene rings is 1. The standard InChI is InChI=1S/C15H24N2O4/c1-5-11(2)17-15(18)16-6-7-21-14-9-12(19-3)8-13(10-14)20-4/h8-11H,5-7H2,1-4H3,(H2,16,17,18). The number of nitrogens with one attached hydrogen (secondary N) is 2. The fraction of sp³-hybridized carbons (Fsp3) is 0.533. The van der Waals surface area contributed by atoms with Crippen LogP contribution < -0.4 is 24.8 Å². The molecule has 0 aliphatic rings. The largest absolute Gasteiger partial charge is 0.496 e. The van der Waals surface area contributed by atoms with Crippen LogP contribution in [0.5, 0.6) is 17.2 Å². The number of rotatable bonds is 8. The van der Waals surface area contributed by atoms with Gasteiger partial charge in [-0.05, 0) is 13.3 Å². The van der Waals surface area contributed by atoms with E-state index in [1.807, 2.05) is 13.8 Å². The first-order chi connectivity index (χ1) is 10.1. The molecule has 21 heavy (non-hydrogen) atoms. The van der Waals surface area contributed by atoms with Crippen molar-refractivity contribution in [3.8, 4) is 17.2 Å². The van der Waals surface area contributed by atoms with E-state index in [0.29, 0.717) is 30.4 Å². The average molecular weight is 296 g/mol. The molecule has 0 spiro atoms. The van der Waals surface area contributed by atoms with E-state index in [1.165, 1.54) is 0 Å². The maximum atomic E-state index is 11.5. The van der Waals surface area contributed by atoms with Crippen LogP contribution in [-0.2, 0) is 0 Å². The first kappa shape index (κ1) is 16.9. The van der Waals surface area contributed by atoms with Crippen LogP contribution in [0.15, 0.2) is 18.2 Å². The third-order valence-electron chi connectivity index (χ3n) is 2.97. The Labute approximate surface area is 125 Å². The second-order valence-corrected chi connectivity index (χ2v) is 4.61. The zero-order valence-corrected chi connectivity index (χ0v) is 13.1. The minimum Gasteiger partial charge on any atom is -0.496 e. The molecule has 0 fully saturated rings. The van der Waals surface area contributed by atoms with E-state index in [4.69, 9.17) is 14.2 Å². The Hall–Kier alpha value is -2.11. The van der Waals surface area contributed by atoms with E-state index in [1.54, 1.807) is 32.4 Å². The van der Waals surface area contributed by atoms with Crippen LogP contribution >= 0.6 is 0 Å². The number of carbonyl (C=O) groups is 1. The lowest BCUT2D eigenvalue weighted by molar-refractivity contribution is 0.233. The third kappa shape index (κ3) is 6.25. The Balaban J connectivity index is 2.37. The summed E-state index contributed by atoms with van der Waals surface area (Å²) in [5.41, 5.74) is 0. The van der Waals surface area contributed by atoms with Crippen molar-refractivity contribution in [1.29, 1.82) is 0 Å². The van der Waals surface area contributed by atoms with Crippen molar-refractivity contribution in [2.75, 3.05) is 27.4 Å². The molecule has 1 unspecified atom stereocenters. The summed E-state index contributed by atoms with van der Waals surface area (Å²) >= 11 is 0. The summed E-state index contributed by atoms with van der Waals surface area (Å²) in [6, 6.07) is 5.28. The van der Waals surface area contributed by atoms with Crippen molar-refractivity contribution in [3.63, 3.8) is 0 Å². The molecule has 1 aromatic carbocycles. The van der Waals surface area contributed by atoms with E-state index in [9.17, 15) is 4.79 Å². The zero-order valence-electron chi connectivity index (χ0n) is 13.1. The van der Waals surface area contributed by atoms with Gasteiger partial charge in [0.2, 0.25) is 0 Å². The Bertz CT molecular complexity index is 429. The summed E-state index contributed by atoms with van der Waals surface area (Å²) in [5.74, 6) is 1.95. The molecular weight excluding hydrogens is 272 g/mol. The van der Waals surface area contributed by atoms with Gasteiger partial charge in [-0.2, -0.15) is 0 Å². The lowest BCUT2D eigenvalue weighted by Crippen LogP contribution is -2.41. The number of methoxy groups -OCH3 is 2. The fourth-order valence-corrected chi connectivity index (χ4v) is 1.57. The molecule has 0 aliphatic heterocycles. The Morgan fingerprint density at radius 3 is 2.24 bits per heavy atom. The van der Waals surface area contributed by atoms with Gasteiger partial charge < -0.3 is 24.8 Å². The fourth-order valence-electron chi connectivity index (χ4n) is 1.57. The van der Waals surface area contributed by atoms with Crippen LogP contribution in [0.3, 0.4) is 0 Å². The highest BCUT2D eigenvalue weighted by Gasteiger charge is 2.05. The van der Waals surface area contributed by atoms with Crippen LogP contribution in [0.25, 0.3) is 0 Å². The molecule has 0 aromatic heterocycles. The SMILES string of the molecule is CCC(C)NC(=O)NCCOc1cc(OC)cc(OC)c1. The van der Waals surface area contributed by atoms with Crippen molar-refractivity contribution in [2.45, 2.75) is 26.3 Å². The molecule has 0 saturated heterocycles. The lowest BCUT2D eigenvalue weighted by Gasteiger charge is -2.13. The monoisotopic (exact) mass is 296 g/mol. The van der Waals surface area contributed by atoms with Crippen LogP contribution in [-0.4, -0.2) is 39.4 Å². The molecule has 2 N–H and O–H groups in total. The smallest absolute Gasteiger partial charge is 0.315 e. The van der Waals surface area contributed by atoms with E-state index in [2.05, 4.69) is 10.6 Å². The van der Waals surface area contributed by atoms with Crippen molar-refractivity contribution in [3.05, 3.63) is 18.2 Å². The maximum Gasteiger partial charge on any atom is 0.315 e. The molecule has 0 saturated carbocycles. The van der Waals surface area contributed by atoms with Gasteiger partial charge in [0.1, 0.15) is 23.9 Å². The van der Waals surface area contributed by atoms with Crippen molar-refractivity contribution in [2.24, 2.45) is 0 Å². The number of urea groups is 1. The summed E-state index contributed by atoms with van der Waals surface area (Å²) < 4.78 is 15.9. The molecule has 0 bridgehead atoms. The molecule has 0 aliphatic carbocycles. The number of amides is 2. The maximum absolute atomic E-state index is 11.5. The molecule has 0 heterocycles. The average Bonchev–Trinajstić information content (AvgIpc) is 2.50. The molecular formula is C15H24N2O4. The topological polar surface area (TPSA) is 68.8 Å². The molecule has 2 amide bonds. The van der Waals surface area contributed by atoms with Gasteiger partial charge in [-0.3, -0.25) is 0 Å². The van der Waals surface area contributed by atoms with Gasteiger partial charge in [0.05, 0.1) is 20.8 Å². The molecule has 1 rings (SSSR count). The summed E-state index contributed by atoms with van der Waals surface area (Å²) in [6.07, 6.45) is 0.896. The molecule has 1 atom stereocenters. The first-order valence-corrected chi connectivity index (χ1v) is 6.99. The van der Waals surface area contributed by atoms with E-state index < -0.39 is 0 Å². The van der Waals surface area contributed by atoms with E-state index in [0.717, 1.165) is 6.42 Å². The summed E-state index contributed by atoms with van der Waals surface area (Å²) in [4.78, 5) is 11.5. The van der Waals surface area contributed by atoms with Gasteiger partial charge >= 0.3 is 6.03 Å². The van der Waals surface area contributed by atoms with Crippen LogP contribution in [0.1, 0.15) is 20.3 Å². The second-order valence-electron chi connectivity index (χ2n) is 4.61. The summed E-state index contributed by atoms with van der Waals surface area (Å²) in [7, 11) is 3.17. The van der Waals surface area contributed by atoms with Crippen molar-refractivity contribution >= 4 is 6.03 Å². The van der Waals surface area contributed by atoms with Gasteiger partial charge in [-0.15, -0.1) is 0 Å². The Kier molecular flexibility index (Phi) is 7.21. The summed E-state index contributed by atoms with van der Waals surface area (Å²) in [5, 5.41) is 5.56. The highest BCUT2D eigenvalue weighted by molar-refractivity contribution is 5.74. The molecule has 6 heteroatoms. The quantitative estimate of drug-likeness (QED) is 0.721. The third-order valence-corrected chi connectivity index (χ3v) is 2.97.